The number of likely N-dealkylation sites (tertiary alicyclic amines) is 1. The van der Waals surface area contributed by atoms with Crippen LogP contribution in [0.5, 0.6) is 0 Å². The summed E-state index contributed by atoms with van der Waals surface area (Å²) in [7, 11) is 0. The molecule has 8 heteroatoms. The fourth-order valence-electron chi connectivity index (χ4n) is 6.04. The van der Waals surface area contributed by atoms with Crippen molar-refractivity contribution in [2.45, 2.75) is 69.5 Å². The number of carbonyl (C=O) groups excluding carboxylic acids is 3. The predicted molar refractivity (Wildman–Crippen MR) is 148 cm³/mol. The third-order valence-corrected chi connectivity index (χ3v) is 8.30. The Labute approximate surface area is 225 Å². The van der Waals surface area contributed by atoms with Gasteiger partial charge in [0.15, 0.2) is 0 Å². The summed E-state index contributed by atoms with van der Waals surface area (Å²) in [5.74, 6) is 0.0801. The molecule has 0 bridgehead atoms. The Bertz CT molecular complexity index is 1150. The van der Waals surface area contributed by atoms with Crippen LogP contribution in [0.4, 0.5) is 10.5 Å². The Morgan fingerprint density at radius 3 is 2.45 bits per heavy atom. The maximum atomic E-state index is 13.7. The van der Waals surface area contributed by atoms with E-state index in [9.17, 15) is 14.4 Å². The molecule has 3 aliphatic rings. The van der Waals surface area contributed by atoms with Crippen molar-refractivity contribution in [1.82, 2.24) is 20.9 Å². The molecule has 2 aromatic carbocycles. The Morgan fingerprint density at radius 2 is 1.74 bits per heavy atom. The molecule has 2 aromatic rings. The van der Waals surface area contributed by atoms with Crippen LogP contribution in [0, 0.1) is 0 Å². The maximum Gasteiger partial charge on any atom is 0.315 e. The van der Waals surface area contributed by atoms with E-state index in [0.29, 0.717) is 38.8 Å². The molecule has 0 saturated carbocycles. The number of piperidine rings is 1. The molecule has 5 rings (SSSR count). The predicted octanol–water partition coefficient (Wildman–Crippen LogP) is 2.96. The highest BCUT2D eigenvalue weighted by Crippen LogP contribution is 2.43. The lowest BCUT2D eigenvalue weighted by atomic mass is 9.86. The molecule has 3 aliphatic heterocycles. The number of anilines is 1. The zero-order chi connectivity index (χ0) is 26.7. The number of para-hydroxylation sites is 1. The van der Waals surface area contributed by atoms with E-state index in [1.165, 1.54) is 0 Å². The molecule has 202 valence electrons. The van der Waals surface area contributed by atoms with Crippen LogP contribution in [0.15, 0.2) is 54.6 Å². The van der Waals surface area contributed by atoms with Gasteiger partial charge in [-0.3, -0.25) is 9.59 Å². The van der Waals surface area contributed by atoms with Crippen molar-refractivity contribution in [2.75, 3.05) is 31.1 Å². The average molecular weight is 518 g/mol. The topological polar surface area (TPSA) is 93.8 Å². The van der Waals surface area contributed by atoms with E-state index in [-0.39, 0.29) is 29.9 Å². The van der Waals surface area contributed by atoms with Crippen molar-refractivity contribution in [3.8, 4) is 0 Å². The van der Waals surface area contributed by atoms with Crippen LogP contribution in [-0.4, -0.2) is 67.0 Å². The van der Waals surface area contributed by atoms with Crippen molar-refractivity contribution in [1.29, 1.82) is 0 Å². The molecule has 2 fully saturated rings. The largest absolute Gasteiger partial charge is 0.341 e. The van der Waals surface area contributed by atoms with Crippen molar-refractivity contribution in [3.63, 3.8) is 0 Å². The van der Waals surface area contributed by atoms with Crippen LogP contribution < -0.4 is 20.9 Å². The second-order valence-corrected chi connectivity index (χ2v) is 11.3. The normalized spacial score (nSPS) is 21.7. The first-order valence-electron chi connectivity index (χ1n) is 13.9. The van der Waals surface area contributed by atoms with Gasteiger partial charge in [-0.15, -0.1) is 0 Å². The second kappa shape index (κ2) is 11.2. The van der Waals surface area contributed by atoms with Crippen LogP contribution >= 0.6 is 0 Å². The van der Waals surface area contributed by atoms with Gasteiger partial charge in [0, 0.05) is 37.4 Å². The first-order valence-corrected chi connectivity index (χ1v) is 13.9. The van der Waals surface area contributed by atoms with Crippen LogP contribution in [0.3, 0.4) is 0 Å². The van der Waals surface area contributed by atoms with E-state index in [1.807, 2.05) is 78.2 Å². The molecule has 38 heavy (non-hydrogen) atoms. The molecule has 0 aromatic heterocycles. The highest BCUT2D eigenvalue weighted by atomic mass is 16.2. The zero-order valence-electron chi connectivity index (χ0n) is 22.4. The van der Waals surface area contributed by atoms with Crippen molar-refractivity contribution in [3.05, 3.63) is 65.7 Å². The van der Waals surface area contributed by atoms with Gasteiger partial charge in [0.05, 0.1) is 5.41 Å². The van der Waals surface area contributed by atoms with Gasteiger partial charge in [0.1, 0.15) is 6.04 Å². The summed E-state index contributed by atoms with van der Waals surface area (Å²) in [5.41, 5.74) is 2.66. The molecule has 0 aliphatic carbocycles. The minimum absolute atomic E-state index is 0.0486. The van der Waals surface area contributed by atoms with E-state index in [0.717, 1.165) is 36.3 Å². The highest BCUT2D eigenvalue weighted by molar-refractivity contribution is 6.08. The number of urea groups is 1. The Morgan fingerprint density at radius 1 is 1.03 bits per heavy atom. The van der Waals surface area contributed by atoms with Gasteiger partial charge in [0.25, 0.3) is 0 Å². The molecule has 4 amide bonds. The fraction of sp³-hybridized carbons (Fsp3) is 0.500. The molecule has 2 unspecified atom stereocenters. The van der Waals surface area contributed by atoms with Crippen LogP contribution in [0.1, 0.15) is 50.7 Å². The summed E-state index contributed by atoms with van der Waals surface area (Å²) in [6, 6.07) is 17.3. The molecule has 3 heterocycles. The first-order chi connectivity index (χ1) is 18.3. The molecule has 0 spiro atoms. The van der Waals surface area contributed by atoms with E-state index in [2.05, 4.69) is 16.0 Å². The van der Waals surface area contributed by atoms with Crippen LogP contribution in [0.25, 0.3) is 0 Å². The molecule has 8 nitrogen and oxygen atoms in total. The number of fused-ring (bicyclic) bond motifs is 1. The summed E-state index contributed by atoms with van der Waals surface area (Å²) in [4.78, 5) is 43.7. The summed E-state index contributed by atoms with van der Waals surface area (Å²) >= 11 is 0. The number of hydrogen-bond donors (Lipinski definition) is 3. The standard InChI is InChI=1S/C30H39N5O3/c1-30(2)24-10-6-7-11-26(24)35(28(30)37)23-15-18-34(19-16-23)27(36)25(13-12-21-8-4-3-5-9-21)33-29(38)32-22-14-17-31-20-22/h3-11,22-23,25,31H,12-20H2,1-2H3,(H2,32,33,38). The van der Waals surface area contributed by atoms with Crippen molar-refractivity contribution >= 4 is 23.5 Å². The number of nitrogens with one attached hydrogen (secondary N) is 3. The quantitative estimate of drug-likeness (QED) is 0.527. The van der Waals surface area contributed by atoms with Crippen molar-refractivity contribution < 1.29 is 14.4 Å². The number of aryl methyl sites for hydroxylation is 1. The average Bonchev–Trinajstić information content (AvgIpc) is 3.51. The monoisotopic (exact) mass is 517 g/mol. The maximum absolute atomic E-state index is 13.7. The summed E-state index contributed by atoms with van der Waals surface area (Å²) in [6.07, 6.45) is 3.55. The molecule has 2 saturated heterocycles. The molecule has 0 radical (unpaired) electrons. The van der Waals surface area contributed by atoms with Gasteiger partial charge in [-0.05, 0) is 69.7 Å². The SMILES string of the molecule is CC1(C)C(=O)N(C2CCN(C(=O)C(CCc3ccccc3)NC(=O)NC3CCNC3)CC2)c2ccccc21. The van der Waals surface area contributed by atoms with Gasteiger partial charge in [0.2, 0.25) is 11.8 Å². The molecular weight excluding hydrogens is 478 g/mol. The number of hydrogen-bond acceptors (Lipinski definition) is 4. The van der Waals surface area contributed by atoms with Gasteiger partial charge < -0.3 is 25.8 Å². The van der Waals surface area contributed by atoms with Crippen molar-refractivity contribution in [2.24, 2.45) is 0 Å². The summed E-state index contributed by atoms with van der Waals surface area (Å²) in [6.45, 7) is 6.74. The minimum Gasteiger partial charge on any atom is -0.341 e. The molecule has 3 N–H and O–H groups in total. The number of carbonyl (C=O) groups is 3. The molecular formula is C30H39N5O3. The second-order valence-electron chi connectivity index (χ2n) is 11.3. The lowest BCUT2D eigenvalue weighted by molar-refractivity contribution is -0.134. The minimum atomic E-state index is -0.603. The third kappa shape index (κ3) is 5.41. The van der Waals surface area contributed by atoms with Gasteiger partial charge in [-0.2, -0.15) is 0 Å². The van der Waals surface area contributed by atoms with Gasteiger partial charge in [-0.25, -0.2) is 4.79 Å². The Balaban J connectivity index is 1.24. The number of rotatable bonds is 7. The summed E-state index contributed by atoms with van der Waals surface area (Å²) in [5, 5.41) is 9.23. The Kier molecular flexibility index (Phi) is 7.70. The van der Waals surface area contributed by atoms with E-state index in [4.69, 9.17) is 0 Å². The Hall–Kier alpha value is -3.39. The lowest BCUT2D eigenvalue weighted by Gasteiger charge is -2.38. The first kappa shape index (κ1) is 26.2. The third-order valence-electron chi connectivity index (χ3n) is 8.30. The van der Waals surface area contributed by atoms with Gasteiger partial charge >= 0.3 is 6.03 Å². The highest BCUT2D eigenvalue weighted by Gasteiger charge is 2.46. The number of nitrogens with zero attached hydrogens (tertiary/aromatic N) is 2. The van der Waals surface area contributed by atoms with E-state index >= 15 is 0 Å². The summed E-state index contributed by atoms with van der Waals surface area (Å²) < 4.78 is 0. The molecule has 2 atom stereocenters. The fourth-order valence-corrected chi connectivity index (χ4v) is 6.04. The van der Waals surface area contributed by atoms with E-state index < -0.39 is 11.5 Å². The smallest absolute Gasteiger partial charge is 0.315 e. The number of amides is 4. The van der Waals surface area contributed by atoms with Crippen LogP contribution in [0.2, 0.25) is 0 Å². The lowest BCUT2D eigenvalue weighted by Crippen LogP contribution is -2.56. The van der Waals surface area contributed by atoms with E-state index in [1.54, 1.807) is 0 Å². The zero-order valence-corrected chi connectivity index (χ0v) is 22.4. The number of benzene rings is 2. The van der Waals surface area contributed by atoms with Gasteiger partial charge in [-0.1, -0.05) is 48.5 Å². The van der Waals surface area contributed by atoms with Crippen LogP contribution in [-0.2, 0) is 21.4 Å².